The van der Waals surface area contributed by atoms with Crippen LogP contribution in [0.3, 0.4) is 0 Å². The van der Waals surface area contributed by atoms with Gasteiger partial charge in [-0.25, -0.2) is 4.98 Å². The number of hydrogen-bond donors (Lipinski definition) is 1. The van der Waals surface area contributed by atoms with Crippen molar-refractivity contribution in [2.24, 2.45) is 11.7 Å². The second-order valence-electron chi connectivity index (χ2n) is 7.44. The van der Waals surface area contributed by atoms with Gasteiger partial charge in [-0.05, 0) is 56.6 Å². The van der Waals surface area contributed by atoms with Crippen molar-refractivity contribution in [1.29, 1.82) is 0 Å². The fourth-order valence-electron chi connectivity index (χ4n) is 4.13. The Kier molecular flexibility index (Phi) is 5.09. The van der Waals surface area contributed by atoms with Gasteiger partial charge in [-0.15, -0.1) is 11.3 Å². The van der Waals surface area contributed by atoms with Gasteiger partial charge in [-0.2, -0.15) is 0 Å². The molecular formula is C19H26N4O2S. The average molecular weight is 375 g/mol. The topological polar surface area (TPSA) is 81.2 Å². The van der Waals surface area contributed by atoms with Crippen molar-refractivity contribution in [3.8, 4) is 0 Å². The van der Waals surface area contributed by atoms with E-state index in [1.165, 1.54) is 16.9 Å². The number of carbonyl (C=O) groups excluding carboxylic acids is 1. The first-order valence-corrected chi connectivity index (χ1v) is 10.5. The zero-order valence-corrected chi connectivity index (χ0v) is 15.9. The predicted octanol–water partition coefficient (Wildman–Crippen LogP) is 1.92. The van der Waals surface area contributed by atoms with E-state index in [1.54, 1.807) is 22.2 Å². The zero-order chi connectivity index (χ0) is 18.1. The second-order valence-corrected chi connectivity index (χ2v) is 8.53. The van der Waals surface area contributed by atoms with Crippen molar-refractivity contribution in [2.75, 3.05) is 19.6 Å². The molecule has 0 aromatic carbocycles. The summed E-state index contributed by atoms with van der Waals surface area (Å²) in [6.45, 7) is 2.67. The molecule has 140 valence electrons. The fraction of sp³-hybridized carbons (Fsp3) is 0.632. The van der Waals surface area contributed by atoms with Crippen LogP contribution >= 0.6 is 11.3 Å². The van der Waals surface area contributed by atoms with Gasteiger partial charge in [0.1, 0.15) is 4.83 Å². The Morgan fingerprint density at radius 3 is 2.81 bits per heavy atom. The van der Waals surface area contributed by atoms with E-state index in [0.29, 0.717) is 25.4 Å². The van der Waals surface area contributed by atoms with E-state index in [4.69, 9.17) is 5.73 Å². The first-order valence-electron chi connectivity index (χ1n) is 9.65. The number of piperidine rings is 1. The quantitative estimate of drug-likeness (QED) is 0.887. The first kappa shape index (κ1) is 17.7. The molecule has 0 unspecified atom stereocenters. The van der Waals surface area contributed by atoms with Crippen LogP contribution in [0.15, 0.2) is 11.1 Å². The van der Waals surface area contributed by atoms with E-state index in [9.17, 15) is 9.59 Å². The summed E-state index contributed by atoms with van der Waals surface area (Å²) in [5.41, 5.74) is 6.94. The molecule has 0 saturated carbocycles. The van der Waals surface area contributed by atoms with Crippen LogP contribution in [0.5, 0.6) is 0 Å². The average Bonchev–Trinajstić information content (AvgIpc) is 3.06. The lowest BCUT2D eigenvalue weighted by molar-refractivity contribution is -0.132. The molecule has 1 aliphatic heterocycles. The molecule has 7 heteroatoms. The molecule has 2 aromatic rings. The maximum absolute atomic E-state index is 12.9. The predicted molar refractivity (Wildman–Crippen MR) is 103 cm³/mol. The molecule has 0 atom stereocenters. The molecule has 2 aromatic heterocycles. The molecule has 0 bridgehead atoms. The number of nitrogens with zero attached hydrogens (tertiary/aromatic N) is 3. The van der Waals surface area contributed by atoms with Gasteiger partial charge in [0.25, 0.3) is 5.56 Å². The molecule has 1 fully saturated rings. The van der Waals surface area contributed by atoms with Crippen molar-refractivity contribution in [1.82, 2.24) is 14.5 Å². The highest BCUT2D eigenvalue weighted by Crippen LogP contribution is 2.33. The number of aromatic nitrogens is 2. The van der Waals surface area contributed by atoms with E-state index in [1.807, 2.05) is 4.90 Å². The van der Waals surface area contributed by atoms with Gasteiger partial charge in [0.15, 0.2) is 0 Å². The SMILES string of the molecule is NCC1CCN(C(=O)CCn2cnc3sc4c(c3c2=O)CCCC4)CC1. The van der Waals surface area contributed by atoms with Gasteiger partial charge in [0.05, 0.1) is 11.7 Å². The van der Waals surface area contributed by atoms with Crippen molar-refractivity contribution in [3.05, 3.63) is 27.1 Å². The Bertz CT molecular complexity index is 864. The Morgan fingerprint density at radius 1 is 1.27 bits per heavy atom. The standard InChI is InChI=1S/C19H26N4O2S/c20-11-13-5-8-22(9-6-13)16(24)7-10-23-12-21-18-17(19(23)25)14-3-1-2-4-15(14)26-18/h12-13H,1-11,20H2. The summed E-state index contributed by atoms with van der Waals surface area (Å²) in [4.78, 5) is 34.0. The zero-order valence-electron chi connectivity index (χ0n) is 15.1. The lowest BCUT2D eigenvalue weighted by Gasteiger charge is -2.31. The van der Waals surface area contributed by atoms with Crippen LogP contribution in [0.4, 0.5) is 0 Å². The first-order chi connectivity index (χ1) is 12.7. The largest absolute Gasteiger partial charge is 0.343 e. The number of likely N-dealkylation sites (tertiary alicyclic amines) is 1. The van der Waals surface area contributed by atoms with Crippen molar-refractivity contribution in [3.63, 3.8) is 0 Å². The minimum atomic E-state index is 0.0176. The molecule has 26 heavy (non-hydrogen) atoms. The Morgan fingerprint density at radius 2 is 2.04 bits per heavy atom. The van der Waals surface area contributed by atoms with E-state index in [0.717, 1.165) is 55.4 Å². The maximum Gasteiger partial charge on any atom is 0.262 e. The fourth-order valence-corrected chi connectivity index (χ4v) is 5.35. The second kappa shape index (κ2) is 7.48. The molecule has 0 spiro atoms. The highest BCUT2D eigenvalue weighted by atomic mass is 32.1. The third-order valence-electron chi connectivity index (χ3n) is 5.81. The highest BCUT2D eigenvalue weighted by Gasteiger charge is 2.23. The molecule has 1 saturated heterocycles. The summed E-state index contributed by atoms with van der Waals surface area (Å²) in [5, 5.41) is 0.795. The van der Waals surface area contributed by atoms with Gasteiger partial charge in [0, 0.05) is 30.9 Å². The molecule has 0 radical (unpaired) electrons. The molecule has 2 aliphatic rings. The van der Waals surface area contributed by atoms with Gasteiger partial charge < -0.3 is 10.6 Å². The van der Waals surface area contributed by atoms with Crippen LogP contribution in [0, 0.1) is 5.92 Å². The summed E-state index contributed by atoms with van der Waals surface area (Å²) in [5.74, 6) is 0.665. The van der Waals surface area contributed by atoms with E-state index < -0.39 is 0 Å². The minimum Gasteiger partial charge on any atom is -0.343 e. The number of amides is 1. The Hall–Kier alpha value is -1.73. The summed E-state index contributed by atoms with van der Waals surface area (Å²) < 4.78 is 1.62. The Labute approximate surface area is 157 Å². The van der Waals surface area contributed by atoms with E-state index in [-0.39, 0.29) is 11.5 Å². The van der Waals surface area contributed by atoms with Gasteiger partial charge in [-0.3, -0.25) is 14.2 Å². The maximum atomic E-state index is 12.9. The normalized spacial score (nSPS) is 18.3. The van der Waals surface area contributed by atoms with Crippen LogP contribution in [0.1, 0.15) is 42.5 Å². The van der Waals surface area contributed by atoms with Crippen LogP contribution in [0.25, 0.3) is 10.2 Å². The Balaban J connectivity index is 1.47. The summed E-state index contributed by atoms with van der Waals surface area (Å²) in [6, 6.07) is 0. The number of aryl methyl sites for hydroxylation is 3. The number of nitrogens with two attached hydrogens (primary N) is 1. The molecule has 4 rings (SSSR count). The highest BCUT2D eigenvalue weighted by molar-refractivity contribution is 7.18. The number of carbonyl (C=O) groups is 1. The van der Waals surface area contributed by atoms with Crippen LogP contribution < -0.4 is 11.3 Å². The smallest absolute Gasteiger partial charge is 0.262 e. The van der Waals surface area contributed by atoms with Gasteiger partial charge in [-0.1, -0.05) is 0 Å². The summed E-state index contributed by atoms with van der Waals surface area (Å²) in [6.07, 6.45) is 8.31. The molecule has 3 heterocycles. The summed E-state index contributed by atoms with van der Waals surface area (Å²) >= 11 is 1.66. The molecular weight excluding hydrogens is 348 g/mol. The molecule has 6 nitrogen and oxygen atoms in total. The van der Waals surface area contributed by atoms with Crippen molar-refractivity contribution < 1.29 is 4.79 Å². The van der Waals surface area contributed by atoms with Crippen LogP contribution in [-0.2, 0) is 24.2 Å². The third kappa shape index (κ3) is 3.30. The van der Waals surface area contributed by atoms with E-state index in [2.05, 4.69) is 4.98 Å². The van der Waals surface area contributed by atoms with Crippen molar-refractivity contribution >= 4 is 27.5 Å². The minimum absolute atomic E-state index is 0.0176. The van der Waals surface area contributed by atoms with E-state index >= 15 is 0 Å². The number of thiophene rings is 1. The monoisotopic (exact) mass is 374 g/mol. The van der Waals surface area contributed by atoms with Gasteiger partial charge in [0.2, 0.25) is 5.91 Å². The third-order valence-corrected chi connectivity index (χ3v) is 7.01. The number of hydrogen-bond acceptors (Lipinski definition) is 5. The lowest BCUT2D eigenvalue weighted by atomic mass is 9.97. The summed E-state index contributed by atoms with van der Waals surface area (Å²) in [7, 11) is 0. The number of rotatable bonds is 4. The van der Waals surface area contributed by atoms with Crippen molar-refractivity contribution in [2.45, 2.75) is 51.5 Å². The molecule has 1 aliphatic carbocycles. The van der Waals surface area contributed by atoms with Crippen LogP contribution in [0.2, 0.25) is 0 Å². The molecule has 1 amide bonds. The van der Waals surface area contributed by atoms with Gasteiger partial charge >= 0.3 is 0 Å². The van der Waals surface area contributed by atoms with Crippen LogP contribution in [-0.4, -0.2) is 40.0 Å². The molecule has 2 N–H and O–H groups in total. The lowest BCUT2D eigenvalue weighted by Crippen LogP contribution is -2.40. The number of fused-ring (bicyclic) bond motifs is 3.